The number of thioether (sulfide) groups is 1. The van der Waals surface area contributed by atoms with Gasteiger partial charge in [0.15, 0.2) is 5.78 Å². The van der Waals surface area contributed by atoms with Gasteiger partial charge < -0.3 is 4.74 Å². The highest BCUT2D eigenvalue weighted by Gasteiger charge is 2.13. The molecule has 0 unspecified atom stereocenters. The summed E-state index contributed by atoms with van der Waals surface area (Å²) in [6.45, 7) is 10.2. The van der Waals surface area contributed by atoms with E-state index < -0.39 is 0 Å². The smallest absolute Gasteiger partial charge is 0.176 e. The van der Waals surface area contributed by atoms with E-state index in [9.17, 15) is 4.79 Å². The number of carbonyl (C=O) groups is 1. The molecule has 0 saturated heterocycles. The van der Waals surface area contributed by atoms with Crippen LogP contribution in [-0.4, -0.2) is 23.4 Å². The first-order valence-electron chi connectivity index (χ1n) is 6.03. The van der Waals surface area contributed by atoms with Gasteiger partial charge in [0.2, 0.25) is 0 Å². The molecule has 0 aliphatic heterocycles. The van der Waals surface area contributed by atoms with Gasteiger partial charge >= 0.3 is 0 Å². The van der Waals surface area contributed by atoms with Crippen molar-refractivity contribution >= 4 is 17.5 Å². The molecular formula is C15H20O2S. The molecule has 0 atom stereocenters. The molecule has 0 saturated carbocycles. The fourth-order valence-corrected chi connectivity index (χ4v) is 2.10. The Kier molecular flexibility index (Phi) is 5.99. The summed E-state index contributed by atoms with van der Waals surface area (Å²) in [7, 11) is 0. The Hall–Kier alpha value is -1.22. The normalized spacial score (nSPS) is 10.4. The molecule has 3 heteroatoms. The maximum absolute atomic E-state index is 12.2. The molecule has 0 aliphatic carbocycles. The Morgan fingerprint density at radius 1 is 1.50 bits per heavy atom. The van der Waals surface area contributed by atoms with Gasteiger partial charge in [0.25, 0.3) is 0 Å². The molecule has 0 aliphatic rings. The van der Waals surface area contributed by atoms with Gasteiger partial charge in [0.1, 0.15) is 12.4 Å². The van der Waals surface area contributed by atoms with Gasteiger partial charge in [-0.15, -0.1) is 0 Å². The Balaban J connectivity index is 2.86. The number of aryl methyl sites for hydroxylation is 1. The molecule has 0 radical (unpaired) electrons. The van der Waals surface area contributed by atoms with E-state index in [1.807, 2.05) is 25.1 Å². The third-order valence-electron chi connectivity index (χ3n) is 2.34. The van der Waals surface area contributed by atoms with Crippen molar-refractivity contribution in [1.82, 2.24) is 0 Å². The van der Waals surface area contributed by atoms with Crippen LogP contribution < -0.4 is 4.74 Å². The molecular weight excluding hydrogens is 244 g/mol. The average Bonchev–Trinajstić information content (AvgIpc) is 2.34. The first-order chi connectivity index (χ1) is 8.54. The summed E-state index contributed by atoms with van der Waals surface area (Å²) in [6, 6.07) is 5.69. The maximum atomic E-state index is 12.2. The number of carbonyl (C=O) groups excluding carboxylic acids is 1. The molecule has 0 heterocycles. The minimum atomic E-state index is 0.122. The fourth-order valence-electron chi connectivity index (χ4n) is 1.46. The van der Waals surface area contributed by atoms with Crippen molar-refractivity contribution in [1.29, 1.82) is 0 Å². The molecule has 0 bridgehead atoms. The van der Waals surface area contributed by atoms with Gasteiger partial charge in [-0.05, 0) is 24.3 Å². The highest BCUT2D eigenvalue weighted by Crippen LogP contribution is 2.23. The molecule has 98 valence electrons. The second-order valence-corrected chi connectivity index (χ2v) is 5.95. The lowest BCUT2D eigenvalue weighted by Crippen LogP contribution is -2.08. The van der Waals surface area contributed by atoms with Gasteiger partial charge in [0.05, 0.1) is 11.3 Å². The SMILES string of the molecule is C=CCOc1ccc(C)cc1C(=O)CSC(C)C. The third-order valence-corrected chi connectivity index (χ3v) is 3.44. The average molecular weight is 264 g/mol. The second-order valence-electron chi connectivity index (χ2n) is 4.38. The Bertz CT molecular complexity index is 425. The molecule has 18 heavy (non-hydrogen) atoms. The predicted octanol–water partition coefficient (Wildman–Crippen LogP) is 3.88. The minimum absolute atomic E-state index is 0.122. The van der Waals surface area contributed by atoms with Crippen molar-refractivity contribution in [3.05, 3.63) is 42.0 Å². The zero-order chi connectivity index (χ0) is 13.5. The summed E-state index contributed by atoms with van der Waals surface area (Å²) in [5.41, 5.74) is 1.74. The standard InChI is InChI=1S/C15H20O2S/c1-5-8-17-15-7-6-12(4)9-13(15)14(16)10-18-11(2)3/h5-7,9,11H,1,8,10H2,2-4H3. The van der Waals surface area contributed by atoms with E-state index >= 15 is 0 Å². The lowest BCUT2D eigenvalue weighted by Gasteiger charge is -2.11. The van der Waals surface area contributed by atoms with E-state index in [2.05, 4.69) is 20.4 Å². The van der Waals surface area contributed by atoms with Crippen LogP contribution in [0.2, 0.25) is 0 Å². The molecule has 0 amide bonds. The van der Waals surface area contributed by atoms with Gasteiger partial charge in [-0.1, -0.05) is 38.1 Å². The van der Waals surface area contributed by atoms with Crippen LogP contribution in [0, 0.1) is 6.92 Å². The van der Waals surface area contributed by atoms with E-state index in [1.54, 1.807) is 17.8 Å². The monoisotopic (exact) mass is 264 g/mol. The van der Waals surface area contributed by atoms with Crippen molar-refractivity contribution in [2.45, 2.75) is 26.0 Å². The van der Waals surface area contributed by atoms with E-state index in [1.165, 1.54) is 0 Å². The third kappa shape index (κ3) is 4.57. The highest BCUT2D eigenvalue weighted by molar-refractivity contribution is 8.00. The van der Waals surface area contributed by atoms with E-state index in [0.717, 1.165) is 5.56 Å². The van der Waals surface area contributed by atoms with Crippen LogP contribution >= 0.6 is 11.8 Å². The summed E-state index contributed by atoms with van der Waals surface area (Å²) in [6.07, 6.45) is 1.68. The Morgan fingerprint density at radius 3 is 2.83 bits per heavy atom. The van der Waals surface area contributed by atoms with Crippen LogP contribution in [-0.2, 0) is 0 Å². The summed E-state index contributed by atoms with van der Waals surface area (Å²) >= 11 is 1.65. The van der Waals surface area contributed by atoms with E-state index in [0.29, 0.717) is 28.9 Å². The van der Waals surface area contributed by atoms with Crippen LogP contribution in [0.15, 0.2) is 30.9 Å². The fraction of sp³-hybridized carbons (Fsp3) is 0.400. The quantitative estimate of drug-likeness (QED) is 0.552. The van der Waals surface area contributed by atoms with E-state index in [-0.39, 0.29) is 5.78 Å². The summed E-state index contributed by atoms with van der Waals surface area (Å²) < 4.78 is 5.52. The topological polar surface area (TPSA) is 26.3 Å². The second kappa shape index (κ2) is 7.27. The minimum Gasteiger partial charge on any atom is -0.489 e. The molecule has 1 aromatic rings. The Morgan fingerprint density at radius 2 is 2.22 bits per heavy atom. The van der Waals surface area contributed by atoms with Crippen molar-refractivity contribution in [3.63, 3.8) is 0 Å². The van der Waals surface area contributed by atoms with Gasteiger partial charge in [-0.25, -0.2) is 0 Å². The number of hydrogen-bond acceptors (Lipinski definition) is 3. The summed E-state index contributed by atoms with van der Waals surface area (Å²) in [5.74, 6) is 1.26. The number of hydrogen-bond donors (Lipinski definition) is 0. The van der Waals surface area contributed by atoms with Crippen LogP contribution in [0.25, 0.3) is 0 Å². The molecule has 0 aromatic heterocycles. The first-order valence-corrected chi connectivity index (χ1v) is 7.08. The number of benzene rings is 1. The molecule has 1 aromatic carbocycles. The summed E-state index contributed by atoms with van der Waals surface area (Å²) in [5, 5.41) is 0.455. The van der Waals surface area contributed by atoms with Crippen LogP contribution in [0.4, 0.5) is 0 Å². The first kappa shape index (κ1) is 14.8. The van der Waals surface area contributed by atoms with Gasteiger partial charge in [-0.3, -0.25) is 4.79 Å². The predicted molar refractivity (Wildman–Crippen MR) is 78.8 cm³/mol. The molecule has 1 rings (SSSR count). The zero-order valence-electron chi connectivity index (χ0n) is 11.2. The van der Waals surface area contributed by atoms with Crippen molar-refractivity contribution in [2.75, 3.05) is 12.4 Å². The highest BCUT2D eigenvalue weighted by atomic mass is 32.2. The molecule has 2 nitrogen and oxygen atoms in total. The van der Waals surface area contributed by atoms with Crippen LogP contribution in [0.3, 0.4) is 0 Å². The number of rotatable bonds is 7. The van der Waals surface area contributed by atoms with Crippen molar-refractivity contribution < 1.29 is 9.53 Å². The maximum Gasteiger partial charge on any atom is 0.176 e. The molecule has 0 fully saturated rings. The lowest BCUT2D eigenvalue weighted by atomic mass is 10.1. The van der Waals surface area contributed by atoms with E-state index in [4.69, 9.17) is 4.74 Å². The van der Waals surface area contributed by atoms with Crippen LogP contribution in [0.5, 0.6) is 5.75 Å². The van der Waals surface area contributed by atoms with Gasteiger partial charge in [0, 0.05) is 0 Å². The number of ether oxygens (including phenoxy) is 1. The van der Waals surface area contributed by atoms with Crippen molar-refractivity contribution in [2.24, 2.45) is 0 Å². The Labute approximate surface area is 113 Å². The van der Waals surface area contributed by atoms with Gasteiger partial charge in [-0.2, -0.15) is 11.8 Å². The zero-order valence-corrected chi connectivity index (χ0v) is 12.0. The lowest BCUT2D eigenvalue weighted by molar-refractivity contribution is 0.101. The van der Waals surface area contributed by atoms with Crippen molar-refractivity contribution in [3.8, 4) is 5.75 Å². The number of ketones is 1. The van der Waals surface area contributed by atoms with Crippen LogP contribution in [0.1, 0.15) is 29.8 Å². The summed E-state index contributed by atoms with van der Waals surface area (Å²) in [4.78, 5) is 12.2. The molecule has 0 spiro atoms. The molecule has 0 N–H and O–H groups in total. The number of Topliss-reactive ketones (excluding diaryl/α,β-unsaturated/α-hetero) is 1. The largest absolute Gasteiger partial charge is 0.489 e.